The molecule has 0 aromatic heterocycles. The minimum Gasteiger partial charge on any atom is -0.481 e. The number of carbonyl (C=O) groups is 2. The monoisotopic (exact) mass is 270 g/mol. The van der Waals surface area contributed by atoms with Crippen LogP contribution in [0.1, 0.15) is 52.9 Å². The molecule has 2 amide bonds. The maximum atomic E-state index is 11.7. The van der Waals surface area contributed by atoms with E-state index in [0.29, 0.717) is 13.1 Å². The van der Waals surface area contributed by atoms with Crippen molar-refractivity contribution in [2.24, 2.45) is 10.8 Å². The molecule has 0 radical (unpaired) electrons. The second kappa shape index (κ2) is 6.26. The van der Waals surface area contributed by atoms with E-state index in [2.05, 4.69) is 31.4 Å². The van der Waals surface area contributed by atoms with E-state index in [1.807, 2.05) is 0 Å². The van der Waals surface area contributed by atoms with Crippen molar-refractivity contribution >= 4 is 12.0 Å². The molecule has 5 heteroatoms. The summed E-state index contributed by atoms with van der Waals surface area (Å²) in [6, 6.07) is -0.196. The van der Waals surface area contributed by atoms with Gasteiger partial charge in [0.15, 0.2) is 0 Å². The molecule has 0 unspecified atom stereocenters. The van der Waals surface area contributed by atoms with Crippen LogP contribution >= 0.6 is 0 Å². The zero-order chi connectivity index (χ0) is 14.5. The second-order valence-electron chi connectivity index (χ2n) is 6.48. The Kier molecular flexibility index (Phi) is 5.20. The number of hydrogen-bond acceptors (Lipinski definition) is 2. The summed E-state index contributed by atoms with van der Waals surface area (Å²) in [5.41, 5.74) is -0.129. The fourth-order valence-electron chi connectivity index (χ4n) is 2.19. The van der Waals surface area contributed by atoms with Crippen molar-refractivity contribution in [2.75, 3.05) is 13.1 Å². The highest BCUT2D eigenvalue weighted by Crippen LogP contribution is 2.43. The first-order valence-electron chi connectivity index (χ1n) is 7.02. The van der Waals surface area contributed by atoms with Gasteiger partial charge in [-0.25, -0.2) is 4.79 Å². The number of hydrogen-bond donors (Lipinski definition) is 3. The van der Waals surface area contributed by atoms with Gasteiger partial charge in [-0.15, -0.1) is 0 Å². The summed E-state index contributed by atoms with van der Waals surface area (Å²) >= 11 is 0. The summed E-state index contributed by atoms with van der Waals surface area (Å²) in [6.45, 7) is 7.38. The normalized spacial score (nSPS) is 17.4. The lowest BCUT2D eigenvalue weighted by molar-refractivity contribution is -0.141. The number of amides is 2. The first-order valence-corrected chi connectivity index (χ1v) is 7.02. The van der Waals surface area contributed by atoms with E-state index >= 15 is 0 Å². The molecule has 1 aliphatic rings. The molecular weight excluding hydrogens is 244 g/mol. The fraction of sp³-hybridized carbons (Fsp3) is 0.857. The summed E-state index contributed by atoms with van der Waals surface area (Å²) in [7, 11) is 0. The van der Waals surface area contributed by atoms with Gasteiger partial charge in [0, 0.05) is 13.1 Å². The molecule has 1 rings (SSSR count). The lowest BCUT2D eigenvalue weighted by Crippen LogP contribution is -2.48. The fourth-order valence-corrected chi connectivity index (χ4v) is 2.19. The Morgan fingerprint density at radius 1 is 1.26 bits per heavy atom. The van der Waals surface area contributed by atoms with Crippen molar-refractivity contribution in [3.63, 3.8) is 0 Å². The van der Waals surface area contributed by atoms with Crippen molar-refractivity contribution in [1.29, 1.82) is 0 Å². The molecule has 0 spiro atoms. The highest BCUT2D eigenvalue weighted by Gasteiger charge is 2.39. The molecule has 110 valence electrons. The number of aliphatic carboxylic acids is 1. The molecule has 19 heavy (non-hydrogen) atoms. The van der Waals surface area contributed by atoms with Crippen LogP contribution in [0.15, 0.2) is 0 Å². The van der Waals surface area contributed by atoms with Gasteiger partial charge in [0.1, 0.15) is 0 Å². The van der Waals surface area contributed by atoms with Crippen molar-refractivity contribution in [3.8, 4) is 0 Å². The Labute approximate surface area is 115 Å². The van der Waals surface area contributed by atoms with Gasteiger partial charge in [-0.05, 0) is 30.1 Å². The Balaban J connectivity index is 2.31. The molecule has 0 heterocycles. The molecule has 5 nitrogen and oxygen atoms in total. The van der Waals surface area contributed by atoms with Gasteiger partial charge in [-0.1, -0.05) is 27.2 Å². The third-order valence-electron chi connectivity index (χ3n) is 4.25. The predicted octanol–water partition coefficient (Wildman–Crippen LogP) is 2.37. The van der Waals surface area contributed by atoms with Crippen LogP contribution in [0.3, 0.4) is 0 Å². The van der Waals surface area contributed by atoms with Gasteiger partial charge in [-0.2, -0.15) is 0 Å². The highest BCUT2D eigenvalue weighted by atomic mass is 16.4. The van der Waals surface area contributed by atoms with Crippen LogP contribution in [0.4, 0.5) is 4.79 Å². The summed E-state index contributed by atoms with van der Waals surface area (Å²) in [6.07, 6.45) is 3.98. The summed E-state index contributed by atoms with van der Waals surface area (Å²) in [5.74, 6) is -0.783. The summed E-state index contributed by atoms with van der Waals surface area (Å²) < 4.78 is 0. The number of nitrogens with one attached hydrogen (secondary N) is 2. The zero-order valence-corrected chi connectivity index (χ0v) is 12.2. The number of carbonyl (C=O) groups excluding carboxylic acids is 1. The van der Waals surface area contributed by atoms with Crippen LogP contribution in [0.2, 0.25) is 0 Å². The van der Waals surface area contributed by atoms with Gasteiger partial charge in [0.05, 0.1) is 6.42 Å². The minimum absolute atomic E-state index is 0.0898. The molecule has 0 aromatic rings. The van der Waals surface area contributed by atoms with Gasteiger partial charge in [-0.3, -0.25) is 4.79 Å². The molecule has 0 saturated heterocycles. The van der Waals surface area contributed by atoms with Crippen LogP contribution in [-0.4, -0.2) is 30.2 Å². The van der Waals surface area contributed by atoms with E-state index in [4.69, 9.17) is 5.11 Å². The number of urea groups is 1. The third kappa shape index (κ3) is 5.09. The third-order valence-corrected chi connectivity index (χ3v) is 4.25. The number of carboxylic acid groups (broad SMARTS) is 1. The van der Waals surface area contributed by atoms with E-state index in [1.165, 1.54) is 0 Å². The van der Waals surface area contributed by atoms with Gasteiger partial charge in [0.25, 0.3) is 0 Å². The molecule has 0 aliphatic heterocycles. The topological polar surface area (TPSA) is 78.4 Å². The van der Waals surface area contributed by atoms with Crippen LogP contribution < -0.4 is 10.6 Å². The van der Waals surface area contributed by atoms with Gasteiger partial charge in [0.2, 0.25) is 0 Å². The first-order chi connectivity index (χ1) is 8.79. The van der Waals surface area contributed by atoms with E-state index in [0.717, 1.165) is 25.7 Å². The van der Waals surface area contributed by atoms with Gasteiger partial charge >= 0.3 is 12.0 Å². The Morgan fingerprint density at radius 2 is 1.89 bits per heavy atom. The molecule has 3 N–H and O–H groups in total. The Morgan fingerprint density at radius 3 is 2.32 bits per heavy atom. The lowest BCUT2D eigenvalue weighted by atomic mass is 9.66. The average molecular weight is 270 g/mol. The zero-order valence-electron chi connectivity index (χ0n) is 12.2. The molecule has 0 aromatic carbocycles. The predicted molar refractivity (Wildman–Crippen MR) is 74.0 cm³/mol. The van der Waals surface area contributed by atoms with Crippen LogP contribution in [0, 0.1) is 10.8 Å². The number of rotatable bonds is 7. The van der Waals surface area contributed by atoms with Gasteiger partial charge < -0.3 is 15.7 Å². The van der Waals surface area contributed by atoms with E-state index in [9.17, 15) is 9.59 Å². The highest BCUT2D eigenvalue weighted by molar-refractivity contribution is 5.74. The van der Waals surface area contributed by atoms with Crippen molar-refractivity contribution < 1.29 is 14.7 Å². The smallest absolute Gasteiger partial charge is 0.314 e. The molecule has 1 aliphatic carbocycles. The quantitative estimate of drug-likeness (QED) is 0.664. The Bertz CT molecular complexity index is 336. The SMILES string of the molecule is CCC(C)(C)CNC(=O)NCC1(CC(=O)O)CCC1. The standard InChI is InChI=1S/C14H26N2O3/c1-4-13(2,3)9-15-12(19)16-10-14(6-5-7-14)8-11(17)18/h4-10H2,1-3H3,(H,17,18)(H2,15,16,19). The molecule has 0 bridgehead atoms. The van der Waals surface area contributed by atoms with Crippen LogP contribution in [0.5, 0.6) is 0 Å². The van der Waals surface area contributed by atoms with Crippen LogP contribution in [0.25, 0.3) is 0 Å². The minimum atomic E-state index is -0.783. The maximum absolute atomic E-state index is 11.7. The van der Waals surface area contributed by atoms with E-state index < -0.39 is 5.97 Å². The first kappa shape index (κ1) is 15.8. The van der Waals surface area contributed by atoms with Crippen molar-refractivity contribution in [1.82, 2.24) is 10.6 Å². The molecule has 1 fully saturated rings. The number of carboxylic acids is 1. The molecule has 0 atom stereocenters. The largest absolute Gasteiger partial charge is 0.481 e. The van der Waals surface area contributed by atoms with Crippen molar-refractivity contribution in [3.05, 3.63) is 0 Å². The Hall–Kier alpha value is -1.26. The van der Waals surface area contributed by atoms with E-state index in [-0.39, 0.29) is 23.3 Å². The molecule has 1 saturated carbocycles. The van der Waals surface area contributed by atoms with E-state index in [1.54, 1.807) is 0 Å². The second-order valence-corrected chi connectivity index (χ2v) is 6.48. The summed E-state index contributed by atoms with van der Waals surface area (Å²) in [4.78, 5) is 22.5. The average Bonchev–Trinajstić information content (AvgIpc) is 2.29. The molecular formula is C14H26N2O3. The lowest BCUT2D eigenvalue weighted by Gasteiger charge is -2.40. The summed E-state index contributed by atoms with van der Waals surface area (Å²) in [5, 5.41) is 14.6. The maximum Gasteiger partial charge on any atom is 0.314 e. The van der Waals surface area contributed by atoms with Crippen LogP contribution in [-0.2, 0) is 4.79 Å². The van der Waals surface area contributed by atoms with Crippen molar-refractivity contribution in [2.45, 2.75) is 52.9 Å².